The average Bonchev–Trinajstić information content (AvgIpc) is 2.59. The molecule has 2 aromatic rings. The van der Waals surface area contributed by atoms with E-state index in [-0.39, 0.29) is 11.8 Å². The van der Waals surface area contributed by atoms with Crippen LogP contribution < -0.4 is 15.4 Å². The minimum Gasteiger partial charge on any atom is -0.334 e. The Morgan fingerprint density at radius 3 is 2.16 bits per heavy atom. The van der Waals surface area contributed by atoms with E-state index < -0.39 is 10.0 Å². The van der Waals surface area contributed by atoms with Crippen molar-refractivity contribution >= 4 is 27.7 Å². The van der Waals surface area contributed by atoms with E-state index in [0.717, 1.165) is 11.1 Å². The standard InChI is InChI=1S/C17H20ClN3O3S/c1-19-25(23,24)12-14-7-5-13(6-8-14)10-20-17(22)21-11-15-3-2-4-16(18)9-15/h2-9,19H,10-12H2,1H3,(H2,20,21,22). The van der Waals surface area contributed by atoms with Crippen LogP contribution in [0.5, 0.6) is 0 Å². The van der Waals surface area contributed by atoms with Crippen molar-refractivity contribution in [3.63, 3.8) is 0 Å². The number of benzene rings is 2. The van der Waals surface area contributed by atoms with Crippen LogP contribution >= 0.6 is 11.6 Å². The quantitative estimate of drug-likeness (QED) is 0.688. The third kappa shape index (κ3) is 6.74. The summed E-state index contributed by atoms with van der Waals surface area (Å²) in [6.07, 6.45) is 0. The van der Waals surface area contributed by atoms with E-state index in [1.54, 1.807) is 36.4 Å². The molecule has 134 valence electrons. The van der Waals surface area contributed by atoms with Crippen molar-refractivity contribution in [1.82, 2.24) is 15.4 Å². The molecule has 0 heterocycles. The maximum absolute atomic E-state index is 11.8. The first kappa shape index (κ1) is 19.2. The summed E-state index contributed by atoms with van der Waals surface area (Å²) in [7, 11) is -1.90. The van der Waals surface area contributed by atoms with Gasteiger partial charge in [0, 0.05) is 18.1 Å². The first-order chi connectivity index (χ1) is 11.9. The van der Waals surface area contributed by atoms with E-state index in [1.807, 2.05) is 12.1 Å². The second kappa shape index (κ2) is 8.84. The number of halogens is 1. The number of sulfonamides is 1. The second-order valence-electron chi connectivity index (χ2n) is 5.45. The van der Waals surface area contributed by atoms with Gasteiger partial charge in [-0.05, 0) is 35.9 Å². The van der Waals surface area contributed by atoms with E-state index in [9.17, 15) is 13.2 Å². The lowest BCUT2D eigenvalue weighted by Gasteiger charge is -2.09. The molecule has 0 saturated carbocycles. The van der Waals surface area contributed by atoms with Gasteiger partial charge in [-0.25, -0.2) is 17.9 Å². The molecule has 0 saturated heterocycles. The van der Waals surface area contributed by atoms with Crippen LogP contribution in [0.1, 0.15) is 16.7 Å². The Balaban J connectivity index is 1.79. The van der Waals surface area contributed by atoms with Gasteiger partial charge in [-0.15, -0.1) is 0 Å². The third-order valence-electron chi connectivity index (χ3n) is 3.49. The number of nitrogens with one attached hydrogen (secondary N) is 3. The highest BCUT2D eigenvalue weighted by Gasteiger charge is 2.08. The fourth-order valence-corrected chi connectivity index (χ4v) is 3.11. The molecule has 0 bridgehead atoms. The molecule has 0 aromatic heterocycles. The average molecular weight is 382 g/mol. The molecule has 2 amide bonds. The second-order valence-corrected chi connectivity index (χ2v) is 7.81. The maximum atomic E-state index is 11.8. The molecule has 0 radical (unpaired) electrons. The van der Waals surface area contributed by atoms with Crippen molar-refractivity contribution in [3.05, 3.63) is 70.2 Å². The van der Waals surface area contributed by atoms with E-state index in [2.05, 4.69) is 15.4 Å². The van der Waals surface area contributed by atoms with Gasteiger partial charge in [0.2, 0.25) is 10.0 Å². The topological polar surface area (TPSA) is 87.3 Å². The molecule has 25 heavy (non-hydrogen) atoms. The fraction of sp³-hybridized carbons (Fsp3) is 0.235. The van der Waals surface area contributed by atoms with E-state index >= 15 is 0 Å². The van der Waals surface area contributed by atoms with E-state index in [4.69, 9.17) is 11.6 Å². The van der Waals surface area contributed by atoms with Crippen molar-refractivity contribution in [2.24, 2.45) is 0 Å². The molecule has 2 aromatic carbocycles. The molecule has 0 atom stereocenters. The molecule has 2 rings (SSSR count). The van der Waals surface area contributed by atoms with Crippen LogP contribution in [0.2, 0.25) is 5.02 Å². The van der Waals surface area contributed by atoms with Crippen LogP contribution in [-0.4, -0.2) is 21.5 Å². The maximum Gasteiger partial charge on any atom is 0.315 e. The highest BCUT2D eigenvalue weighted by atomic mass is 35.5. The number of hydrogen-bond donors (Lipinski definition) is 3. The number of rotatable bonds is 7. The molecule has 3 N–H and O–H groups in total. The predicted octanol–water partition coefficient (Wildman–Crippen LogP) is 2.39. The van der Waals surface area contributed by atoms with Gasteiger partial charge in [-0.2, -0.15) is 0 Å². The Morgan fingerprint density at radius 1 is 0.960 bits per heavy atom. The lowest BCUT2D eigenvalue weighted by Crippen LogP contribution is -2.34. The third-order valence-corrected chi connectivity index (χ3v) is 5.06. The summed E-state index contributed by atoms with van der Waals surface area (Å²) in [5.41, 5.74) is 2.48. The van der Waals surface area contributed by atoms with Crippen molar-refractivity contribution in [3.8, 4) is 0 Å². The van der Waals surface area contributed by atoms with Crippen molar-refractivity contribution in [1.29, 1.82) is 0 Å². The monoisotopic (exact) mass is 381 g/mol. The highest BCUT2D eigenvalue weighted by Crippen LogP contribution is 2.10. The number of hydrogen-bond acceptors (Lipinski definition) is 3. The molecule has 0 unspecified atom stereocenters. The molecular weight excluding hydrogens is 362 g/mol. The number of carbonyl (C=O) groups excluding carboxylic acids is 1. The number of carbonyl (C=O) groups is 1. The Bertz CT molecular complexity index is 823. The minimum absolute atomic E-state index is 0.0721. The largest absolute Gasteiger partial charge is 0.334 e. The minimum atomic E-state index is -3.29. The summed E-state index contributed by atoms with van der Waals surface area (Å²) >= 11 is 5.89. The number of urea groups is 1. The Morgan fingerprint density at radius 2 is 1.56 bits per heavy atom. The first-order valence-electron chi connectivity index (χ1n) is 7.63. The summed E-state index contributed by atoms with van der Waals surface area (Å²) in [4.78, 5) is 11.8. The molecule has 0 spiro atoms. The Labute approximate surface area is 152 Å². The molecule has 8 heteroatoms. The van der Waals surface area contributed by atoms with Crippen LogP contribution in [0.15, 0.2) is 48.5 Å². The van der Waals surface area contributed by atoms with Gasteiger partial charge < -0.3 is 10.6 Å². The van der Waals surface area contributed by atoms with Crippen molar-refractivity contribution in [2.75, 3.05) is 7.05 Å². The molecular formula is C17H20ClN3O3S. The molecule has 0 aliphatic carbocycles. The lowest BCUT2D eigenvalue weighted by atomic mass is 10.1. The van der Waals surface area contributed by atoms with Crippen molar-refractivity contribution in [2.45, 2.75) is 18.8 Å². The summed E-state index contributed by atoms with van der Waals surface area (Å²) in [6.45, 7) is 0.730. The van der Waals surface area contributed by atoms with Gasteiger partial charge in [-0.3, -0.25) is 0 Å². The van der Waals surface area contributed by atoms with Crippen LogP contribution in [0.3, 0.4) is 0 Å². The summed E-state index contributed by atoms with van der Waals surface area (Å²) in [5, 5.41) is 6.12. The van der Waals surface area contributed by atoms with Crippen LogP contribution in [-0.2, 0) is 28.9 Å². The van der Waals surface area contributed by atoms with E-state index in [0.29, 0.717) is 23.7 Å². The van der Waals surface area contributed by atoms with Crippen LogP contribution in [0, 0.1) is 0 Å². The smallest absolute Gasteiger partial charge is 0.315 e. The van der Waals surface area contributed by atoms with Crippen LogP contribution in [0.4, 0.5) is 4.79 Å². The lowest BCUT2D eigenvalue weighted by molar-refractivity contribution is 0.240. The zero-order valence-electron chi connectivity index (χ0n) is 13.8. The van der Waals surface area contributed by atoms with Gasteiger partial charge in [-0.1, -0.05) is 48.0 Å². The Kier molecular flexibility index (Phi) is 6.81. The molecule has 0 aliphatic rings. The SMILES string of the molecule is CNS(=O)(=O)Cc1ccc(CNC(=O)NCc2cccc(Cl)c2)cc1. The molecule has 0 aliphatic heterocycles. The zero-order chi connectivity index (χ0) is 18.3. The first-order valence-corrected chi connectivity index (χ1v) is 9.66. The van der Waals surface area contributed by atoms with Gasteiger partial charge >= 0.3 is 6.03 Å². The van der Waals surface area contributed by atoms with Gasteiger partial charge in [0.25, 0.3) is 0 Å². The molecule has 6 nitrogen and oxygen atoms in total. The highest BCUT2D eigenvalue weighted by molar-refractivity contribution is 7.88. The fourth-order valence-electron chi connectivity index (χ4n) is 2.12. The van der Waals surface area contributed by atoms with E-state index in [1.165, 1.54) is 7.05 Å². The van der Waals surface area contributed by atoms with Gasteiger partial charge in [0.05, 0.1) is 5.75 Å². The number of amides is 2. The predicted molar refractivity (Wildman–Crippen MR) is 98.7 cm³/mol. The summed E-state index contributed by atoms with van der Waals surface area (Å²) in [5.74, 6) is -0.0721. The summed E-state index contributed by atoms with van der Waals surface area (Å²) < 4.78 is 25.3. The zero-order valence-corrected chi connectivity index (χ0v) is 15.3. The van der Waals surface area contributed by atoms with Crippen molar-refractivity contribution < 1.29 is 13.2 Å². The normalized spacial score (nSPS) is 11.1. The Hall–Kier alpha value is -2.09. The van der Waals surface area contributed by atoms with Gasteiger partial charge in [0.15, 0.2) is 0 Å². The summed E-state index contributed by atoms with van der Waals surface area (Å²) in [6, 6.07) is 14.0. The molecule has 0 fully saturated rings. The van der Waals surface area contributed by atoms with Gasteiger partial charge in [0.1, 0.15) is 0 Å². The van der Waals surface area contributed by atoms with Crippen LogP contribution in [0.25, 0.3) is 0 Å².